The number of H-pyrrole nitrogens is 1. The Bertz CT molecular complexity index is 627. The van der Waals surface area contributed by atoms with Gasteiger partial charge in [-0.25, -0.2) is 5.10 Å². The molecule has 1 aromatic heterocycles. The third kappa shape index (κ3) is 3.12. The number of benzene rings is 1. The van der Waals surface area contributed by atoms with Crippen LogP contribution in [0.15, 0.2) is 23.0 Å². The Morgan fingerprint density at radius 2 is 2.26 bits per heavy atom. The fourth-order valence-corrected chi connectivity index (χ4v) is 2.16. The first-order chi connectivity index (χ1) is 9.13. The third-order valence-electron chi connectivity index (χ3n) is 2.98. The van der Waals surface area contributed by atoms with Gasteiger partial charge in [0.1, 0.15) is 0 Å². The van der Waals surface area contributed by atoms with Gasteiger partial charge in [0.15, 0.2) is 0 Å². The Hall–Kier alpha value is -1.43. The molecule has 0 aliphatic carbocycles. The summed E-state index contributed by atoms with van der Waals surface area (Å²) in [4.78, 5) is 11.7. The van der Waals surface area contributed by atoms with E-state index in [0.29, 0.717) is 23.4 Å². The highest BCUT2D eigenvalue weighted by atomic mass is 35.5. The summed E-state index contributed by atoms with van der Waals surface area (Å²) < 4.78 is 0. The van der Waals surface area contributed by atoms with Gasteiger partial charge in [-0.1, -0.05) is 17.7 Å². The van der Waals surface area contributed by atoms with Gasteiger partial charge in [-0.05, 0) is 32.0 Å². The summed E-state index contributed by atoms with van der Waals surface area (Å²) in [6.07, 6.45) is 0.678. The molecule has 0 amide bonds. The summed E-state index contributed by atoms with van der Waals surface area (Å²) in [7, 11) is 0. The van der Waals surface area contributed by atoms with E-state index in [0.717, 1.165) is 11.1 Å². The zero-order valence-corrected chi connectivity index (χ0v) is 11.4. The van der Waals surface area contributed by atoms with Crippen LogP contribution in [0, 0.1) is 0 Å². The Morgan fingerprint density at radius 3 is 3.00 bits per heavy atom. The number of hydrogen-bond acceptors (Lipinski definition) is 4. The van der Waals surface area contributed by atoms with E-state index in [1.807, 2.05) is 6.92 Å². The largest absolute Gasteiger partial charge is 0.396 e. The second-order valence-electron chi connectivity index (χ2n) is 4.38. The van der Waals surface area contributed by atoms with Crippen molar-refractivity contribution in [3.63, 3.8) is 0 Å². The first-order valence-corrected chi connectivity index (χ1v) is 6.53. The van der Waals surface area contributed by atoms with Crippen molar-refractivity contribution in [2.75, 3.05) is 13.2 Å². The molecular weight excluding hydrogens is 266 g/mol. The van der Waals surface area contributed by atoms with E-state index in [9.17, 15) is 4.79 Å². The minimum absolute atomic E-state index is 0.0212. The van der Waals surface area contributed by atoms with Crippen LogP contribution in [0.1, 0.15) is 25.1 Å². The third-order valence-corrected chi connectivity index (χ3v) is 3.21. The number of rotatable bonds is 5. The fraction of sp³-hybridized carbons (Fsp3) is 0.385. The van der Waals surface area contributed by atoms with E-state index in [4.69, 9.17) is 16.7 Å². The van der Waals surface area contributed by atoms with Crippen LogP contribution >= 0.6 is 11.6 Å². The summed E-state index contributed by atoms with van der Waals surface area (Å²) in [6, 6.07) is 5.17. The van der Waals surface area contributed by atoms with Crippen molar-refractivity contribution < 1.29 is 5.11 Å². The molecule has 0 aliphatic heterocycles. The van der Waals surface area contributed by atoms with Crippen LogP contribution in [0.2, 0.25) is 5.02 Å². The van der Waals surface area contributed by atoms with Gasteiger partial charge in [-0.15, -0.1) is 0 Å². The summed E-state index contributed by atoms with van der Waals surface area (Å²) in [5, 5.41) is 20.5. The first-order valence-electron chi connectivity index (χ1n) is 6.15. The lowest BCUT2D eigenvalue weighted by Gasteiger charge is -2.14. The summed E-state index contributed by atoms with van der Waals surface area (Å²) in [5.41, 5.74) is 0.521. The van der Waals surface area contributed by atoms with Crippen LogP contribution in [-0.2, 0) is 0 Å². The van der Waals surface area contributed by atoms with E-state index in [1.165, 1.54) is 0 Å². The van der Waals surface area contributed by atoms with Gasteiger partial charge in [0.2, 0.25) is 0 Å². The van der Waals surface area contributed by atoms with Crippen molar-refractivity contribution in [2.24, 2.45) is 0 Å². The van der Waals surface area contributed by atoms with Crippen LogP contribution < -0.4 is 10.9 Å². The Balaban J connectivity index is 2.38. The fourth-order valence-electron chi connectivity index (χ4n) is 1.98. The van der Waals surface area contributed by atoms with Crippen molar-refractivity contribution in [1.82, 2.24) is 15.5 Å². The lowest BCUT2D eigenvalue weighted by atomic mass is 10.1. The molecule has 0 saturated carbocycles. The highest BCUT2D eigenvalue weighted by Gasteiger charge is 2.12. The van der Waals surface area contributed by atoms with Gasteiger partial charge in [0.25, 0.3) is 5.56 Å². The van der Waals surface area contributed by atoms with Crippen LogP contribution in [-0.4, -0.2) is 28.5 Å². The second-order valence-corrected chi connectivity index (χ2v) is 4.82. The quantitative estimate of drug-likeness (QED) is 0.728. The molecule has 2 rings (SSSR count). The maximum atomic E-state index is 11.7. The number of nitrogens with zero attached hydrogens (tertiary/aromatic N) is 1. The van der Waals surface area contributed by atoms with Gasteiger partial charge in [-0.3, -0.25) is 4.79 Å². The lowest BCUT2D eigenvalue weighted by molar-refractivity contribution is 0.284. The SMILES string of the molecule is CC(NCCCO)c1n[nH]c(=O)c2cc(Cl)ccc12. The molecule has 2 aromatic rings. The van der Waals surface area contributed by atoms with Crippen LogP contribution in [0.5, 0.6) is 0 Å². The summed E-state index contributed by atoms with van der Waals surface area (Å²) in [6.45, 7) is 2.80. The second kappa shape index (κ2) is 6.14. The molecule has 0 bridgehead atoms. The molecule has 0 aliphatic rings. The average molecular weight is 282 g/mol. The number of nitrogens with one attached hydrogen (secondary N) is 2. The lowest BCUT2D eigenvalue weighted by Crippen LogP contribution is -2.23. The molecule has 102 valence electrons. The number of aliphatic hydroxyl groups excluding tert-OH is 1. The Kier molecular flexibility index (Phi) is 4.52. The Labute approximate surface area is 115 Å². The van der Waals surface area contributed by atoms with Crippen molar-refractivity contribution >= 4 is 22.4 Å². The predicted molar refractivity (Wildman–Crippen MR) is 75.5 cm³/mol. The minimum Gasteiger partial charge on any atom is -0.396 e. The average Bonchev–Trinajstić information content (AvgIpc) is 2.40. The van der Waals surface area contributed by atoms with Gasteiger partial charge >= 0.3 is 0 Å². The predicted octanol–water partition coefficient (Wildman–Crippen LogP) is 1.61. The molecule has 0 radical (unpaired) electrons. The van der Waals surface area contributed by atoms with E-state index in [1.54, 1.807) is 18.2 Å². The van der Waals surface area contributed by atoms with Crippen LogP contribution in [0.3, 0.4) is 0 Å². The van der Waals surface area contributed by atoms with E-state index >= 15 is 0 Å². The molecule has 0 fully saturated rings. The summed E-state index contributed by atoms with van der Waals surface area (Å²) in [5.74, 6) is 0. The number of aromatic nitrogens is 2. The molecule has 1 atom stereocenters. The van der Waals surface area contributed by atoms with Crippen molar-refractivity contribution in [2.45, 2.75) is 19.4 Å². The van der Waals surface area contributed by atoms with E-state index in [-0.39, 0.29) is 18.2 Å². The van der Waals surface area contributed by atoms with Crippen molar-refractivity contribution in [3.05, 3.63) is 39.3 Å². The van der Waals surface area contributed by atoms with Gasteiger partial charge in [0, 0.05) is 23.1 Å². The zero-order valence-electron chi connectivity index (χ0n) is 10.6. The molecular formula is C13H16ClN3O2. The topological polar surface area (TPSA) is 78.0 Å². The number of fused-ring (bicyclic) bond motifs is 1. The molecule has 1 aromatic carbocycles. The number of aromatic amines is 1. The maximum Gasteiger partial charge on any atom is 0.272 e. The summed E-state index contributed by atoms with van der Waals surface area (Å²) >= 11 is 5.91. The number of halogens is 1. The minimum atomic E-state index is -0.246. The zero-order chi connectivity index (χ0) is 13.8. The van der Waals surface area contributed by atoms with Gasteiger partial charge in [0.05, 0.1) is 11.1 Å². The smallest absolute Gasteiger partial charge is 0.272 e. The Morgan fingerprint density at radius 1 is 1.47 bits per heavy atom. The maximum absolute atomic E-state index is 11.7. The molecule has 0 spiro atoms. The molecule has 1 unspecified atom stereocenters. The highest BCUT2D eigenvalue weighted by Crippen LogP contribution is 2.22. The standard InChI is InChI=1S/C13H16ClN3O2/c1-8(15-5-2-6-18)12-10-4-3-9(14)7-11(10)13(19)17-16-12/h3-4,7-8,15,18H,2,5-6H2,1H3,(H,17,19). The number of hydrogen-bond donors (Lipinski definition) is 3. The normalized spacial score (nSPS) is 12.8. The first kappa shape index (κ1) is 14.0. The van der Waals surface area contributed by atoms with Crippen LogP contribution in [0.4, 0.5) is 0 Å². The monoisotopic (exact) mass is 281 g/mol. The van der Waals surface area contributed by atoms with Crippen LogP contribution in [0.25, 0.3) is 10.8 Å². The van der Waals surface area contributed by atoms with Crippen molar-refractivity contribution in [1.29, 1.82) is 0 Å². The molecule has 19 heavy (non-hydrogen) atoms. The number of aliphatic hydroxyl groups is 1. The van der Waals surface area contributed by atoms with E-state index < -0.39 is 0 Å². The molecule has 3 N–H and O–H groups in total. The van der Waals surface area contributed by atoms with Gasteiger partial charge < -0.3 is 10.4 Å². The molecule has 6 heteroatoms. The van der Waals surface area contributed by atoms with E-state index in [2.05, 4.69) is 15.5 Å². The molecule has 0 saturated heterocycles. The highest BCUT2D eigenvalue weighted by molar-refractivity contribution is 6.31. The van der Waals surface area contributed by atoms with Gasteiger partial charge in [-0.2, -0.15) is 5.10 Å². The molecule has 1 heterocycles. The molecule has 5 nitrogen and oxygen atoms in total. The van der Waals surface area contributed by atoms with Crippen molar-refractivity contribution in [3.8, 4) is 0 Å².